The molecule has 2 heterocycles. The van der Waals surface area contributed by atoms with Crippen LogP contribution in [0.4, 0.5) is 0 Å². The Hall–Kier alpha value is -2.38. The van der Waals surface area contributed by atoms with Crippen LogP contribution in [-0.4, -0.2) is 58.5 Å². The lowest BCUT2D eigenvalue weighted by atomic mass is 10.3. The molecule has 0 aromatic carbocycles. The minimum Gasteiger partial charge on any atom is -0.339 e. The van der Waals surface area contributed by atoms with Crippen LogP contribution in [0.2, 0.25) is 0 Å². The topological polar surface area (TPSA) is 88.9 Å². The first-order valence-electron chi connectivity index (χ1n) is 5.97. The van der Waals surface area contributed by atoms with Gasteiger partial charge in [0.15, 0.2) is 11.4 Å². The number of hydrogen-bond donors (Lipinski definition) is 0. The number of nitrogens with zero attached hydrogens (tertiary/aromatic N) is 6. The molecule has 1 aliphatic heterocycles. The van der Waals surface area contributed by atoms with Crippen LogP contribution in [0.5, 0.6) is 0 Å². The summed E-state index contributed by atoms with van der Waals surface area (Å²) in [6.07, 6.45) is 1.37. The first kappa shape index (κ1) is 13.1. The molecule has 0 atom stereocenters. The molecule has 0 bridgehead atoms. The predicted octanol–water partition coefficient (Wildman–Crippen LogP) is -0.600. The lowest BCUT2D eigenvalue weighted by Gasteiger charge is -2.32. The van der Waals surface area contributed by atoms with Crippen LogP contribution in [-0.2, 0) is 11.3 Å². The summed E-state index contributed by atoms with van der Waals surface area (Å²) in [6, 6.07) is 3.75. The molecule has 1 fully saturated rings. The molecule has 1 aromatic heterocycles. The zero-order valence-corrected chi connectivity index (χ0v) is 10.7. The summed E-state index contributed by atoms with van der Waals surface area (Å²) < 4.78 is 1.43. The van der Waals surface area contributed by atoms with E-state index in [4.69, 9.17) is 10.5 Å². The van der Waals surface area contributed by atoms with Crippen molar-refractivity contribution in [2.24, 2.45) is 0 Å². The van der Waals surface area contributed by atoms with Crippen LogP contribution >= 0.6 is 0 Å². The molecule has 2 rings (SSSR count). The van der Waals surface area contributed by atoms with E-state index in [-0.39, 0.29) is 23.8 Å². The number of carbonyl (C=O) groups is 1. The average molecular weight is 258 g/mol. The number of imidazole rings is 1. The highest BCUT2D eigenvalue weighted by Gasteiger charge is 2.20. The summed E-state index contributed by atoms with van der Waals surface area (Å²) in [4.78, 5) is 19.9. The summed E-state index contributed by atoms with van der Waals surface area (Å²) in [7, 11) is 2.02. The Kier molecular flexibility index (Phi) is 3.79. The van der Waals surface area contributed by atoms with E-state index >= 15 is 0 Å². The summed E-state index contributed by atoms with van der Waals surface area (Å²) in [5.74, 6) is -0.0495. The molecule has 19 heavy (non-hydrogen) atoms. The quantitative estimate of drug-likeness (QED) is 0.706. The maximum Gasteiger partial charge on any atom is 0.242 e. The average Bonchev–Trinajstić information content (AvgIpc) is 2.81. The Labute approximate surface area is 111 Å². The zero-order valence-electron chi connectivity index (χ0n) is 10.7. The zero-order chi connectivity index (χ0) is 13.8. The fraction of sp³-hybridized carbons (Fsp3) is 0.500. The molecule has 1 saturated heterocycles. The molecule has 0 spiro atoms. The Morgan fingerprint density at radius 1 is 1.32 bits per heavy atom. The van der Waals surface area contributed by atoms with Crippen LogP contribution in [0.1, 0.15) is 11.4 Å². The van der Waals surface area contributed by atoms with Gasteiger partial charge in [-0.3, -0.25) is 4.79 Å². The van der Waals surface area contributed by atoms with Crippen LogP contribution in [0.15, 0.2) is 6.33 Å². The summed E-state index contributed by atoms with van der Waals surface area (Å²) in [5, 5.41) is 17.8. The molecule has 1 aliphatic rings. The van der Waals surface area contributed by atoms with Crippen molar-refractivity contribution < 1.29 is 4.79 Å². The molecule has 7 heteroatoms. The number of nitriles is 2. The first-order valence-corrected chi connectivity index (χ1v) is 5.97. The highest BCUT2D eigenvalue weighted by molar-refractivity contribution is 5.76. The molecule has 1 aromatic rings. The molecule has 0 unspecified atom stereocenters. The van der Waals surface area contributed by atoms with Crippen LogP contribution in [0.3, 0.4) is 0 Å². The van der Waals surface area contributed by atoms with Gasteiger partial charge in [-0.25, -0.2) is 4.98 Å². The molecule has 0 saturated carbocycles. The van der Waals surface area contributed by atoms with Crippen molar-refractivity contribution in [2.75, 3.05) is 33.2 Å². The van der Waals surface area contributed by atoms with Gasteiger partial charge in [-0.1, -0.05) is 0 Å². The van der Waals surface area contributed by atoms with Crippen LogP contribution in [0, 0.1) is 22.7 Å². The largest absolute Gasteiger partial charge is 0.339 e. The molecule has 1 amide bonds. The van der Waals surface area contributed by atoms with Gasteiger partial charge in [0.05, 0.1) is 6.33 Å². The van der Waals surface area contributed by atoms with Crippen molar-refractivity contribution in [3.8, 4) is 12.1 Å². The van der Waals surface area contributed by atoms with E-state index in [1.807, 2.05) is 19.2 Å². The minimum absolute atomic E-state index is 0.0495. The smallest absolute Gasteiger partial charge is 0.242 e. The lowest BCUT2D eigenvalue weighted by molar-refractivity contribution is -0.133. The van der Waals surface area contributed by atoms with Gasteiger partial charge in [-0.2, -0.15) is 10.5 Å². The number of rotatable bonds is 2. The van der Waals surface area contributed by atoms with Gasteiger partial charge in [0.25, 0.3) is 0 Å². The second-order valence-electron chi connectivity index (χ2n) is 4.48. The lowest BCUT2D eigenvalue weighted by Crippen LogP contribution is -2.48. The number of piperazine rings is 1. The minimum atomic E-state index is -0.0495. The Morgan fingerprint density at radius 2 is 2.00 bits per heavy atom. The second kappa shape index (κ2) is 5.51. The van der Waals surface area contributed by atoms with Gasteiger partial charge in [-0.15, -0.1) is 0 Å². The Morgan fingerprint density at radius 3 is 2.58 bits per heavy atom. The van der Waals surface area contributed by atoms with Gasteiger partial charge in [0.1, 0.15) is 18.7 Å². The van der Waals surface area contributed by atoms with Gasteiger partial charge < -0.3 is 14.4 Å². The van der Waals surface area contributed by atoms with Crippen molar-refractivity contribution >= 4 is 5.91 Å². The van der Waals surface area contributed by atoms with E-state index in [0.717, 1.165) is 13.1 Å². The fourth-order valence-electron chi connectivity index (χ4n) is 2.00. The van der Waals surface area contributed by atoms with Crippen molar-refractivity contribution in [1.82, 2.24) is 19.4 Å². The molecular formula is C12H14N6O. The Balaban J connectivity index is 2.06. The molecule has 98 valence electrons. The van der Waals surface area contributed by atoms with E-state index in [1.165, 1.54) is 10.9 Å². The van der Waals surface area contributed by atoms with E-state index < -0.39 is 0 Å². The SMILES string of the molecule is CN1CCN(C(=O)Cn2cnc(C#N)c2C#N)CC1. The first-order chi connectivity index (χ1) is 9.15. The van der Waals surface area contributed by atoms with E-state index in [2.05, 4.69) is 9.88 Å². The predicted molar refractivity (Wildman–Crippen MR) is 65.7 cm³/mol. The maximum atomic E-state index is 12.1. The molecule has 7 nitrogen and oxygen atoms in total. The van der Waals surface area contributed by atoms with E-state index in [9.17, 15) is 4.79 Å². The number of hydrogen-bond acceptors (Lipinski definition) is 5. The van der Waals surface area contributed by atoms with Gasteiger partial charge >= 0.3 is 0 Å². The number of carbonyl (C=O) groups excluding carboxylic acids is 1. The Bertz CT molecular complexity index is 556. The van der Waals surface area contributed by atoms with E-state index in [0.29, 0.717) is 13.1 Å². The summed E-state index contributed by atoms with van der Waals surface area (Å²) in [6.45, 7) is 3.14. The van der Waals surface area contributed by atoms with Crippen LogP contribution in [0.25, 0.3) is 0 Å². The van der Waals surface area contributed by atoms with Gasteiger partial charge in [0, 0.05) is 26.2 Å². The highest BCUT2D eigenvalue weighted by Crippen LogP contribution is 2.07. The number of aromatic nitrogens is 2. The monoisotopic (exact) mass is 258 g/mol. The number of likely N-dealkylation sites (N-methyl/N-ethyl adjacent to an activating group) is 1. The molecular weight excluding hydrogens is 244 g/mol. The summed E-state index contributed by atoms with van der Waals surface area (Å²) in [5.41, 5.74) is 0.207. The standard InChI is InChI=1S/C12H14N6O/c1-16-2-4-17(5-3-16)12(19)8-18-9-15-10(6-13)11(18)7-14/h9H,2-5,8H2,1H3. The third-order valence-electron chi connectivity index (χ3n) is 3.21. The third-order valence-corrected chi connectivity index (χ3v) is 3.21. The van der Waals surface area contributed by atoms with Gasteiger partial charge in [-0.05, 0) is 7.05 Å². The summed E-state index contributed by atoms with van der Waals surface area (Å²) >= 11 is 0. The van der Waals surface area contributed by atoms with Crippen molar-refractivity contribution in [3.63, 3.8) is 0 Å². The molecule has 0 radical (unpaired) electrons. The van der Waals surface area contributed by atoms with Crippen LogP contribution < -0.4 is 0 Å². The highest BCUT2D eigenvalue weighted by atomic mass is 16.2. The number of amides is 1. The normalized spacial score (nSPS) is 15.8. The molecule has 0 N–H and O–H groups in total. The fourth-order valence-corrected chi connectivity index (χ4v) is 2.00. The van der Waals surface area contributed by atoms with Crippen molar-refractivity contribution in [3.05, 3.63) is 17.7 Å². The van der Waals surface area contributed by atoms with E-state index in [1.54, 1.807) is 4.90 Å². The van der Waals surface area contributed by atoms with Crippen molar-refractivity contribution in [2.45, 2.75) is 6.54 Å². The molecule has 0 aliphatic carbocycles. The van der Waals surface area contributed by atoms with Crippen molar-refractivity contribution in [1.29, 1.82) is 10.5 Å². The second-order valence-corrected chi connectivity index (χ2v) is 4.48. The maximum absolute atomic E-state index is 12.1. The van der Waals surface area contributed by atoms with Gasteiger partial charge in [0.2, 0.25) is 5.91 Å². The third kappa shape index (κ3) is 2.72.